The van der Waals surface area contributed by atoms with E-state index in [1.165, 1.54) is 4.90 Å². The van der Waals surface area contributed by atoms with E-state index in [9.17, 15) is 0 Å². The molecule has 0 bridgehead atoms. The summed E-state index contributed by atoms with van der Waals surface area (Å²) in [4.78, 5) is 1.28. The lowest BCUT2D eigenvalue weighted by atomic mass is 10.0. The maximum absolute atomic E-state index is 6.03. The van der Waals surface area contributed by atoms with Crippen molar-refractivity contribution in [3.8, 4) is 0 Å². The maximum Gasteiger partial charge on any atom is 0.0351 e. The van der Waals surface area contributed by atoms with Crippen molar-refractivity contribution in [2.75, 3.05) is 18.1 Å². The second kappa shape index (κ2) is 6.81. The summed E-state index contributed by atoms with van der Waals surface area (Å²) in [6.07, 6.45) is 3.15. The first kappa shape index (κ1) is 13.4. The second-order valence-electron chi connectivity index (χ2n) is 4.50. The standard InChI is InChI=1S/C13H22N2S/c1-10(2)7-11(14)9-15-12-5-4-6-13(8-12)16-3/h4-6,8,10-11,15H,7,9,14H2,1-3H3. The third-order valence-corrected chi connectivity index (χ3v) is 3.14. The number of benzene rings is 1. The molecule has 0 heterocycles. The molecule has 0 fully saturated rings. The number of hydrogen-bond acceptors (Lipinski definition) is 3. The third-order valence-electron chi connectivity index (χ3n) is 2.41. The summed E-state index contributed by atoms with van der Waals surface area (Å²) in [5, 5.41) is 3.39. The molecule has 0 aliphatic heterocycles. The molecule has 1 aromatic rings. The average molecular weight is 238 g/mol. The molecule has 0 saturated heterocycles. The van der Waals surface area contributed by atoms with Crippen LogP contribution >= 0.6 is 11.8 Å². The number of rotatable bonds is 6. The van der Waals surface area contributed by atoms with E-state index in [1.54, 1.807) is 11.8 Å². The Labute approximate surface area is 103 Å². The molecule has 0 amide bonds. The summed E-state index contributed by atoms with van der Waals surface area (Å²) in [6.45, 7) is 5.25. The molecule has 1 atom stereocenters. The molecule has 2 nitrogen and oxygen atoms in total. The molecular formula is C13H22N2S. The van der Waals surface area contributed by atoms with Gasteiger partial charge >= 0.3 is 0 Å². The van der Waals surface area contributed by atoms with Crippen molar-refractivity contribution < 1.29 is 0 Å². The van der Waals surface area contributed by atoms with Crippen LogP contribution in [0, 0.1) is 5.92 Å². The van der Waals surface area contributed by atoms with Crippen LogP contribution in [0.2, 0.25) is 0 Å². The van der Waals surface area contributed by atoms with Gasteiger partial charge in [-0.3, -0.25) is 0 Å². The molecule has 0 radical (unpaired) electrons. The van der Waals surface area contributed by atoms with Gasteiger partial charge in [-0.1, -0.05) is 19.9 Å². The van der Waals surface area contributed by atoms with E-state index in [0.717, 1.165) is 18.7 Å². The van der Waals surface area contributed by atoms with Gasteiger partial charge in [-0.15, -0.1) is 11.8 Å². The normalized spacial score (nSPS) is 12.8. The van der Waals surface area contributed by atoms with E-state index in [-0.39, 0.29) is 6.04 Å². The van der Waals surface area contributed by atoms with Crippen LogP contribution in [-0.2, 0) is 0 Å². The highest BCUT2D eigenvalue weighted by Crippen LogP contribution is 2.18. The van der Waals surface area contributed by atoms with Crippen molar-refractivity contribution in [1.82, 2.24) is 0 Å². The van der Waals surface area contributed by atoms with Crippen LogP contribution in [0.25, 0.3) is 0 Å². The van der Waals surface area contributed by atoms with Crippen molar-refractivity contribution in [2.24, 2.45) is 11.7 Å². The van der Waals surface area contributed by atoms with Crippen molar-refractivity contribution in [3.05, 3.63) is 24.3 Å². The molecular weight excluding hydrogens is 216 g/mol. The number of thioether (sulfide) groups is 1. The zero-order chi connectivity index (χ0) is 12.0. The molecule has 3 N–H and O–H groups in total. The molecule has 0 aromatic heterocycles. The van der Waals surface area contributed by atoms with Gasteiger partial charge in [0.25, 0.3) is 0 Å². The fraction of sp³-hybridized carbons (Fsp3) is 0.538. The van der Waals surface area contributed by atoms with Crippen molar-refractivity contribution >= 4 is 17.4 Å². The fourth-order valence-corrected chi connectivity index (χ4v) is 2.13. The fourth-order valence-electron chi connectivity index (χ4n) is 1.67. The Balaban J connectivity index is 2.41. The first-order valence-electron chi connectivity index (χ1n) is 5.75. The Kier molecular flexibility index (Phi) is 5.71. The second-order valence-corrected chi connectivity index (χ2v) is 5.38. The Morgan fingerprint density at radius 1 is 1.38 bits per heavy atom. The monoisotopic (exact) mass is 238 g/mol. The quantitative estimate of drug-likeness (QED) is 0.747. The smallest absolute Gasteiger partial charge is 0.0351 e. The van der Waals surface area contributed by atoms with Crippen molar-refractivity contribution in [2.45, 2.75) is 31.2 Å². The average Bonchev–Trinajstić information content (AvgIpc) is 2.26. The molecule has 0 aliphatic rings. The van der Waals surface area contributed by atoms with Gasteiger partial charge in [-0.05, 0) is 36.8 Å². The van der Waals surface area contributed by atoms with E-state index in [2.05, 4.69) is 49.7 Å². The van der Waals surface area contributed by atoms with E-state index >= 15 is 0 Å². The van der Waals surface area contributed by atoms with Crippen LogP contribution in [-0.4, -0.2) is 18.8 Å². The lowest BCUT2D eigenvalue weighted by molar-refractivity contribution is 0.508. The van der Waals surface area contributed by atoms with Gasteiger partial charge in [-0.25, -0.2) is 0 Å². The minimum absolute atomic E-state index is 0.234. The highest BCUT2D eigenvalue weighted by atomic mass is 32.2. The summed E-state index contributed by atoms with van der Waals surface area (Å²) >= 11 is 1.76. The van der Waals surface area contributed by atoms with E-state index in [0.29, 0.717) is 5.92 Å². The topological polar surface area (TPSA) is 38.0 Å². The Bertz CT molecular complexity index is 313. The molecule has 0 aliphatic carbocycles. The SMILES string of the molecule is CSc1cccc(NCC(N)CC(C)C)c1. The number of anilines is 1. The van der Waals surface area contributed by atoms with Gasteiger partial charge in [0.15, 0.2) is 0 Å². The first-order chi connectivity index (χ1) is 7.61. The lowest BCUT2D eigenvalue weighted by Crippen LogP contribution is -2.30. The number of nitrogens with two attached hydrogens (primary N) is 1. The molecule has 16 heavy (non-hydrogen) atoms. The molecule has 0 saturated carbocycles. The largest absolute Gasteiger partial charge is 0.383 e. The van der Waals surface area contributed by atoms with Gasteiger partial charge in [0, 0.05) is 23.2 Å². The van der Waals surface area contributed by atoms with Crippen LogP contribution < -0.4 is 11.1 Å². The van der Waals surface area contributed by atoms with E-state index < -0.39 is 0 Å². The van der Waals surface area contributed by atoms with Crippen LogP contribution in [0.4, 0.5) is 5.69 Å². The number of hydrogen-bond donors (Lipinski definition) is 2. The minimum atomic E-state index is 0.234. The van der Waals surface area contributed by atoms with Crippen LogP contribution in [0.5, 0.6) is 0 Å². The van der Waals surface area contributed by atoms with Gasteiger partial charge in [0.1, 0.15) is 0 Å². The van der Waals surface area contributed by atoms with E-state index in [1.807, 2.05) is 0 Å². The molecule has 0 spiro atoms. The molecule has 1 rings (SSSR count). The zero-order valence-electron chi connectivity index (χ0n) is 10.4. The van der Waals surface area contributed by atoms with Crippen LogP contribution in [0.15, 0.2) is 29.2 Å². The molecule has 1 aromatic carbocycles. The van der Waals surface area contributed by atoms with Gasteiger partial charge in [0.05, 0.1) is 0 Å². The predicted octanol–water partition coefficient (Wildman–Crippen LogP) is 3.19. The van der Waals surface area contributed by atoms with Crippen LogP contribution in [0.3, 0.4) is 0 Å². The molecule has 1 unspecified atom stereocenters. The lowest BCUT2D eigenvalue weighted by Gasteiger charge is -2.15. The Morgan fingerprint density at radius 3 is 2.75 bits per heavy atom. The Hall–Kier alpha value is -0.670. The summed E-state index contributed by atoms with van der Waals surface area (Å²) in [6, 6.07) is 8.67. The molecule has 90 valence electrons. The number of nitrogens with one attached hydrogen (secondary N) is 1. The van der Waals surface area contributed by atoms with Crippen molar-refractivity contribution in [3.63, 3.8) is 0 Å². The van der Waals surface area contributed by atoms with Gasteiger partial charge in [-0.2, -0.15) is 0 Å². The summed E-state index contributed by atoms with van der Waals surface area (Å²) in [5.74, 6) is 0.661. The predicted molar refractivity (Wildman–Crippen MR) is 74.1 cm³/mol. The highest BCUT2D eigenvalue weighted by Gasteiger charge is 2.05. The van der Waals surface area contributed by atoms with Gasteiger partial charge in [0.2, 0.25) is 0 Å². The Morgan fingerprint density at radius 2 is 2.12 bits per heavy atom. The van der Waals surface area contributed by atoms with Crippen LogP contribution in [0.1, 0.15) is 20.3 Å². The van der Waals surface area contributed by atoms with Crippen molar-refractivity contribution in [1.29, 1.82) is 0 Å². The molecule has 3 heteroatoms. The zero-order valence-corrected chi connectivity index (χ0v) is 11.2. The third kappa shape index (κ3) is 4.90. The highest BCUT2D eigenvalue weighted by molar-refractivity contribution is 7.98. The summed E-state index contributed by atoms with van der Waals surface area (Å²) < 4.78 is 0. The first-order valence-corrected chi connectivity index (χ1v) is 6.97. The maximum atomic E-state index is 6.03. The van der Waals surface area contributed by atoms with E-state index in [4.69, 9.17) is 5.73 Å². The summed E-state index contributed by atoms with van der Waals surface area (Å²) in [5.41, 5.74) is 7.18. The summed E-state index contributed by atoms with van der Waals surface area (Å²) in [7, 11) is 0. The van der Waals surface area contributed by atoms with Gasteiger partial charge < -0.3 is 11.1 Å². The minimum Gasteiger partial charge on any atom is -0.383 e.